The second kappa shape index (κ2) is 35.0. The van der Waals surface area contributed by atoms with Gasteiger partial charge in [0.1, 0.15) is 48.0 Å². The van der Waals surface area contributed by atoms with Gasteiger partial charge in [0.2, 0.25) is 65.0 Å². The molecule has 502 valence electrons. The number of aromatic hydroxyl groups is 1. The minimum Gasteiger partial charge on any atom is -0.508 e. The maximum atomic E-state index is 15.1. The summed E-state index contributed by atoms with van der Waals surface area (Å²) in [5, 5.41) is 44.7. The third-order valence-corrected chi connectivity index (χ3v) is 16.6. The van der Waals surface area contributed by atoms with Crippen molar-refractivity contribution in [2.75, 3.05) is 53.4 Å². The topological polar surface area (TPSA) is 379 Å². The van der Waals surface area contributed by atoms with Crippen LogP contribution in [-0.4, -0.2) is 197 Å². The molecule has 0 saturated carbocycles. The molecule has 0 aliphatic carbocycles. The van der Waals surface area contributed by atoms with Gasteiger partial charge < -0.3 is 72.8 Å². The summed E-state index contributed by atoms with van der Waals surface area (Å²) in [6, 6.07) is 18.5. The summed E-state index contributed by atoms with van der Waals surface area (Å²) in [6.07, 6.45) is 2.30. The molecule has 0 bridgehead atoms. The van der Waals surface area contributed by atoms with Crippen LogP contribution in [0.2, 0.25) is 0 Å². The lowest BCUT2D eigenvalue weighted by Gasteiger charge is -2.30. The van der Waals surface area contributed by atoms with Crippen molar-refractivity contribution >= 4 is 81.9 Å². The van der Waals surface area contributed by atoms with Crippen molar-refractivity contribution in [2.24, 2.45) is 0 Å². The molecule has 12 N–H and O–H groups in total. The van der Waals surface area contributed by atoms with E-state index in [0.29, 0.717) is 47.0 Å². The molecule has 3 heterocycles. The highest BCUT2D eigenvalue weighted by Gasteiger charge is 2.40. The smallest absolute Gasteiger partial charge is 0.305 e. The molecule has 5 aromatic rings. The van der Waals surface area contributed by atoms with E-state index in [1.54, 1.807) is 66.9 Å². The van der Waals surface area contributed by atoms with Crippen LogP contribution in [0.25, 0.3) is 10.9 Å². The highest BCUT2D eigenvalue weighted by molar-refractivity contribution is 5.99. The minimum atomic E-state index is -1.78. The predicted octanol–water partition coefficient (Wildman–Crippen LogP) is 0.371. The van der Waals surface area contributed by atoms with Crippen LogP contribution < -0.4 is 47.9 Å². The molecule has 2 saturated heterocycles. The van der Waals surface area contributed by atoms with Crippen LogP contribution in [0.15, 0.2) is 109 Å². The summed E-state index contributed by atoms with van der Waals surface area (Å²) in [5.74, 6) is -10.3. The van der Waals surface area contributed by atoms with E-state index in [4.69, 9.17) is 0 Å². The Morgan fingerprint density at radius 1 is 0.596 bits per heavy atom. The summed E-state index contributed by atoms with van der Waals surface area (Å²) in [5.41, 5.74) is 3.65. The van der Waals surface area contributed by atoms with E-state index in [2.05, 4.69) is 52.8 Å². The third kappa shape index (κ3) is 21.2. The van der Waals surface area contributed by atoms with E-state index in [9.17, 15) is 63.0 Å². The summed E-state index contributed by atoms with van der Waals surface area (Å²) in [6.45, 7) is 2.78. The number of fused-ring (bicyclic) bond motifs is 2. The maximum Gasteiger partial charge on any atom is 0.305 e. The van der Waals surface area contributed by atoms with Crippen LogP contribution >= 0.6 is 0 Å². The van der Waals surface area contributed by atoms with Crippen LogP contribution in [0.5, 0.6) is 5.75 Å². The highest BCUT2D eigenvalue weighted by Crippen LogP contribution is 2.22. The molecular weight excluding hydrogens is 1210 g/mol. The molecule has 94 heavy (non-hydrogen) atoms. The number of aromatic amines is 1. The molecule has 7 rings (SSSR count). The van der Waals surface area contributed by atoms with Gasteiger partial charge in [-0.2, -0.15) is 0 Å². The molecule has 0 unspecified atom stereocenters. The van der Waals surface area contributed by atoms with Crippen LogP contribution in [0.1, 0.15) is 86.6 Å². The Bertz CT molecular complexity index is 3490. The van der Waals surface area contributed by atoms with E-state index >= 15 is 4.79 Å². The molecular formula is C67H85N13O14. The van der Waals surface area contributed by atoms with E-state index in [0.717, 1.165) is 27.3 Å². The third-order valence-electron chi connectivity index (χ3n) is 16.6. The molecule has 1 aromatic heterocycles. The number of carboxylic acids is 1. The number of nitrogens with one attached hydrogen (secondary N) is 10. The molecule has 7 atom stereocenters. The highest BCUT2D eigenvalue weighted by atomic mass is 16.4. The van der Waals surface area contributed by atoms with Gasteiger partial charge >= 0.3 is 5.97 Å². The van der Waals surface area contributed by atoms with Crippen LogP contribution in [-0.2, 0) is 89.8 Å². The summed E-state index contributed by atoms with van der Waals surface area (Å²) >= 11 is 0. The van der Waals surface area contributed by atoms with Crippen molar-refractivity contribution in [1.29, 1.82) is 0 Å². The SMILES string of the molecule is CCCCC[C@@H]1NC(=O)[C@H](Cc2ccc(CNC(=O)CN(C)CC)cc2)NC(=O)[C@H](Cc2ccccc2)N(C)C(=O)CNC(=O)CNC(=O)[C@H]2CCCN2C(=O)[C@H](CC(=O)O)NC(=O)[C@H](Cc2ccc(O)cc2)NC(=O)CNC(=O)[C@H](Cc2c[nH]c3ccccc23)NC1=O. The number of carbonyl (C=O) groups is 12. The molecule has 4 aromatic carbocycles. The molecule has 2 fully saturated rings. The number of para-hydroxylation sites is 1. The molecule has 0 radical (unpaired) electrons. The number of nitrogens with zero attached hydrogens (tertiary/aromatic N) is 3. The number of rotatable bonds is 19. The zero-order valence-corrected chi connectivity index (χ0v) is 53.3. The minimum absolute atomic E-state index is 0.0411. The number of hydrogen-bond donors (Lipinski definition) is 12. The van der Waals surface area contributed by atoms with Gasteiger partial charge in [-0.3, -0.25) is 62.4 Å². The van der Waals surface area contributed by atoms with Gasteiger partial charge in [0.15, 0.2) is 0 Å². The summed E-state index contributed by atoms with van der Waals surface area (Å²) < 4.78 is 0. The standard InChI is InChI=1S/C67H85N13O14/c1-5-7-9-19-49-62(89)75-52(33-45-36-68-48-18-13-12-17-47(45)48)61(88)71-38-57(83)73-50(30-43-25-27-46(81)28-26-43)63(90)77-53(34-60(86)87)67(94)80-29-14-20-54(80)65(92)72-37-56(82)70-39-59(85)79(4)55(32-41-15-10-8-11-16-41)66(93)76-51(64(91)74-49)31-42-21-23-44(24-22-42)35-69-58(84)40-78(3)6-2/h8,10-13,15-18,21-28,36,49-55,68,81H,5-7,9,14,19-20,29-35,37-40H2,1-4H3,(H,69,84)(H,70,82)(H,71,88)(H,72,92)(H,73,83)(H,74,91)(H,75,89)(H,76,93)(H,77,90)(H,86,87)/t49-,50-,51-,52-,53-,54+,55-/m0/s1. The van der Waals surface area contributed by atoms with Gasteiger partial charge in [-0.15, -0.1) is 0 Å². The fourth-order valence-corrected chi connectivity index (χ4v) is 11.1. The number of amides is 11. The number of carbonyl (C=O) groups excluding carboxylic acids is 11. The molecule has 2 aliphatic heterocycles. The molecule has 27 heteroatoms. The van der Waals surface area contributed by atoms with Crippen molar-refractivity contribution in [3.05, 3.63) is 137 Å². The number of hydrogen-bond acceptors (Lipinski definition) is 14. The van der Waals surface area contributed by atoms with E-state index < -0.39 is 133 Å². The predicted molar refractivity (Wildman–Crippen MR) is 345 cm³/mol. The summed E-state index contributed by atoms with van der Waals surface area (Å²) in [7, 11) is 3.17. The Kier molecular flexibility index (Phi) is 26.6. The van der Waals surface area contributed by atoms with Gasteiger partial charge in [0.25, 0.3) is 0 Å². The van der Waals surface area contributed by atoms with Gasteiger partial charge in [-0.1, -0.05) is 118 Å². The normalized spacial score (nSPS) is 21.4. The monoisotopic (exact) mass is 1300 g/mol. The van der Waals surface area contributed by atoms with E-state index in [1.165, 1.54) is 31.3 Å². The number of benzene rings is 4. The Labute approximate surface area is 544 Å². The average Bonchev–Trinajstić information content (AvgIpc) is 1.64. The lowest BCUT2D eigenvalue weighted by atomic mass is 10.00. The second-order valence-corrected chi connectivity index (χ2v) is 23.6. The van der Waals surface area contributed by atoms with E-state index in [-0.39, 0.29) is 76.2 Å². The lowest BCUT2D eigenvalue weighted by molar-refractivity contribution is -0.146. The Morgan fingerprint density at radius 3 is 1.85 bits per heavy atom. The van der Waals surface area contributed by atoms with Crippen molar-refractivity contribution in [2.45, 2.75) is 133 Å². The zero-order valence-electron chi connectivity index (χ0n) is 53.3. The van der Waals surface area contributed by atoms with Crippen molar-refractivity contribution < 1.29 is 67.7 Å². The number of phenols is 1. The van der Waals surface area contributed by atoms with Crippen LogP contribution in [0, 0.1) is 0 Å². The van der Waals surface area contributed by atoms with Gasteiger partial charge in [0.05, 0.1) is 32.6 Å². The lowest BCUT2D eigenvalue weighted by Crippen LogP contribution is -2.60. The molecule has 2 aliphatic rings. The first-order chi connectivity index (χ1) is 45.1. The van der Waals surface area contributed by atoms with Gasteiger partial charge in [-0.05, 0) is 78.9 Å². The number of likely N-dealkylation sites (N-methyl/N-ethyl adjacent to an activating group) is 2. The zero-order chi connectivity index (χ0) is 67.8. The van der Waals surface area contributed by atoms with E-state index in [1.807, 2.05) is 44.0 Å². The molecule has 0 spiro atoms. The maximum absolute atomic E-state index is 15.1. The van der Waals surface area contributed by atoms with Crippen molar-refractivity contribution in [3.8, 4) is 5.75 Å². The fourth-order valence-electron chi connectivity index (χ4n) is 11.1. The Morgan fingerprint density at radius 2 is 1.17 bits per heavy atom. The Hall–Kier alpha value is -10.2. The van der Waals surface area contributed by atoms with Crippen LogP contribution in [0.3, 0.4) is 0 Å². The first-order valence-electron chi connectivity index (χ1n) is 31.6. The first kappa shape index (κ1) is 71.3. The largest absolute Gasteiger partial charge is 0.508 e. The molecule has 27 nitrogen and oxygen atoms in total. The van der Waals surface area contributed by atoms with Crippen molar-refractivity contribution in [1.82, 2.24) is 67.5 Å². The van der Waals surface area contributed by atoms with Gasteiger partial charge in [-0.25, -0.2) is 0 Å². The van der Waals surface area contributed by atoms with Crippen molar-refractivity contribution in [3.63, 3.8) is 0 Å². The van der Waals surface area contributed by atoms with Gasteiger partial charge in [0, 0.05) is 62.9 Å². The number of H-pyrrole nitrogens is 1. The second-order valence-electron chi connectivity index (χ2n) is 23.6. The number of aromatic nitrogens is 1. The first-order valence-corrected chi connectivity index (χ1v) is 31.6. The number of unbranched alkanes of at least 4 members (excludes halogenated alkanes) is 2. The molecule has 11 amide bonds. The quantitative estimate of drug-likeness (QED) is 0.0497. The van der Waals surface area contributed by atoms with Crippen LogP contribution in [0.4, 0.5) is 0 Å². The number of aliphatic carboxylic acids is 1. The fraction of sp³-hybridized carbons (Fsp3) is 0.433. The Balaban J connectivity index is 1.25. The summed E-state index contributed by atoms with van der Waals surface area (Å²) in [4.78, 5) is 176. The number of phenolic OH excluding ortho intramolecular Hbond substituents is 1. The average molecular weight is 1300 g/mol. The number of carboxylic acid groups (broad SMARTS) is 1.